The van der Waals surface area contributed by atoms with Crippen molar-refractivity contribution < 1.29 is 14.6 Å². The molecule has 0 saturated carbocycles. The summed E-state index contributed by atoms with van der Waals surface area (Å²) >= 11 is 3.28. The number of carboxylic acid groups (broad SMARTS) is 1. The minimum Gasteiger partial charge on any atom is -0.465 e. The molecule has 1 spiro atoms. The zero-order valence-corrected chi connectivity index (χ0v) is 13.9. The molecule has 2 atom stereocenters. The molecule has 1 aromatic rings. The fourth-order valence-corrected chi connectivity index (χ4v) is 3.69. The Morgan fingerprint density at radius 3 is 2.77 bits per heavy atom. The Morgan fingerprint density at radius 1 is 1.45 bits per heavy atom. The molecule has 22 heavy (non-hydrogen) atoms. The summed E-state index contributed by atoms with van der Waals surface area (Å²) in [4.78, 5) is 21.8. The predicted molar refractivity (Wildman–Crippen MR) is 84.0 cm³/mol. The van der Waals surface area contributed by atoms with Crippen LogP contribution in [0.25, 0.3) is 0 Å². The van der Waals surface area contributed by atoms with Gasteiger partial charge < -0.3 is 20.1 Å². The summed E-state index contributed by atoms with van der Waals surface area (Å²) in [5, 5.41) is 11.7. The number of piperidine rings is 1. The summed E-state index contributed by atoms with van der Waals surface area (Å²) in [6.07, 6.45) is 4.12. The van der Waals surface area contributed by atoms with Crippen LogP contribution in [-0.2, 0) is 4.74 Å². The molecule has 1 amide bonds. The van der Waals surface area contributed by atoms with Crippen molar-refractivity contribution in [2.24, 2.45) is 5.41 Å². The molecule has 8 heteroatoms. The molecule has 0 radical (unpaired) electrons. The number of halogens is 1. The summed E-state index contributed by atoms with van der Waals surface area (Å²) < 4.78 is 6.45. The molecule has 2 aliphatic heterocycles. The van der Waals surface area contributed by atoms with Crippen LogP contribution < -0.4 is 10.2 Å². The lowest BCUT2D eigenvalue weighted by atomic mass is 9.73. The van der Waals surface area contributed by atoms with Crippen molar-refractivity contribution in [1.29, 1.82) is 0 Å². The van der Waals surface area contributed by atoms with Gasteiger partial charge in [0.1, 0.15) is 10.4 Å². The Balaban J connectivity index is 1.69. The van der Waals surface area contributed by atoms with Gasteiger partial charge in [0, 0.05) is 18.5 Å². The molecule has 2 N–H and O–H groups in total. The minimum absolute atomic E-state index is 0.0878. The van der Waals surface area contributed by atoms with Crippen LogP contribution in [-0.4, -0.2) is 53.0 Å². The first-order valence-corrected chi connectivity index (χ1v) is 8.13. The normalized spacial score (nSPS) is 27.1. The Kier molecular flexibility index (Phi) is 4.22. The van der Waals surface area contributed by atoms with Crippen molar-refractivity contribution >= 4 is 27.8 Å². The Labute approximate surface area is 137 Å². The van der Waals surface area contributed by atoms with Crippen LogP contribution in [0.15, 0.2) is 17.0 Å². The minimum atomic E-state index is -0.983. The maximum absolute atomic E-state index is 11.0. The van der Waals surface area contributed by atoms with E-state index in [4.69, 9.17) is 9.84 Å². The van der Waals surface area contributed by atoms with Gasteiger partial charge in [-0.1, -0.05) is 0 Å². The molecular weight excluding hydrogens is 352 g/mol. The average Bonchev–Trinajstić information content (AvgIpc) is 2.78. The maximum Gasteiger partial charge on any atom is 0.404 e. The van der Waals surface area contributed by atoms with E-state index >= 15 is 0 Å². The van der Waals surface area contributed by atoms with Gasteiger partial charge >= 0.3 is 6.09 Å². The molecule has 3 heterocycles. The van der Waals surface area contributed by atoms with Crippen molar-refractivity contribution in [3.8, 4) is 0 Å². The van der Waals surface area contributed by atoms with Gasteiger partial charge in [-0.05, 0) is 35.7 Å². The van der Waals surface area contributed by atoms with Crippen molar-refractivity contribution in [2.75, 3.05) is 24.6 Å². The van der Waals surface area contributed by atoms with Crippen LogP contribution in [0.3, 0.4) is 0 Å². The van der Waals surface area contributed by atoms with Crippen molar-refractivity contribution in [2.45, 2.75) is 31.9 Å². The predicted octanol–water partition coefficient (Wildman–Crippen LogP) is 1.88. The number of rotatable bonds is 2. The summed E-state index contributed by atoms with van der Waals surface area (Å²) in [5.74, 6) is 0.854. The van der Waals surface area contributed by atoms with E-state index in [0.717, 1.165) is 31.7 Å². The first-order valence-electron chi connectivity index (χ1n) is 7.34. The van der Waals surface area contributed by atoms with Crippen LogP contribution in [0.2, 0.25) is 0 Å². The SMILES string of the molecule is C[C@@H]1OCC2(CCN(c3cnc(Br)cn3)CC2)[C@@H]1NC(=O)O. The largest absolute Gasteiger partial charge is 0.465 e. The summed E-state index contributed by atoms with van der Waals surface area (Å²) in [6.45, 7) is 4.19. The molecule has 0 aliphatic carbocycles. The molecular formula is C14H19BrN4O3. The lowest BCUT2D eigenvalue weighted by Crippen LogP contribution is -2.54. The highest BCUT2D eigenvalue weighted by molar-refractivity contribution is 9.10. The third-order valence-electron chi connectivity index (χ3n) is 4.73. The van der Waals surface area contributed by atoms with Crippen molar-refractivity contribution in [3.05, 3.63) is 17.0 Å². The second kappa shape index (κ2) is 6.00. The topological polar surface area (TPSA) is 87.6 Å². The summed E-state index contributed by atoms with van der Waals surface area (Å²) in [5.41, 5.74) is -0.114. The van der Waals surface area contributed by atoms with E-state index in [1.165, 1.54) is 0 Å². The highest BCUT2D eigenvalue weighted by Crippen LogP contribution is 2.42. The fraction of sp³-hybridized carbons (Fsp3) is 0.643. The monoisotopic (exact) mass is 370 g/mol. The molecule has 2 saturated heterocycles. The Bertz CT molecular complexity index is 546. The molecule has 0 bridgehead atoms. The Morgan fingerprint density at radius 2 is 2.18 bits per heavy atom. The number of hydrogen-bond donors (Lipinski definition) is 2. The number of amides is 1. The van der Waals surface area contributed by atoms with Gasteiger partial charge in [0.2, 0.25) is 0 Å². The number of nitrogens with one attached hydrogen (secondary N) is 1. The van der Waals surface area contributed by atoms with Crippen molar-refractivity contribution in [3.63, 3.8) is 0 Å². The lowest BCUT2D eigenvalue weighted by molar-refractivity contribution is 0.0970. The second-order valence-corrected chi connectivity index (χ2v) is 6.80. The first kappa shape index (κ1) is 15.5. The van der Waals surface area contributed by atoms with E-state index in [2.05, 4.69) is 36.1 Å². The van der Waals surface area contributed by atoms with E-state index < -0.39 is 6.09 Å². The van der Waals surface area contributed by atoms with Gasteiger partial charge in [0.05, 0.1) is 31.1 Å². The van der Waals surface area contributed by atoms with Crippen LogP contribution in [0, 0.1) is 5.41 Å². The molecule has 1 aromatic heterocycles. The van der Waals surface area contributed by atoms with Gasteiger partial charge in [-0.15, -0.1) is 0 Å². The highest BCUT2D eigenvalue weighted by atomic mass is 79.9. The van der Waals surface area contributed by atoms with Gasteiger partial charge in [-0.25, -0.2) is 14.8 Å². The number of hydrogen-bond acceptors (Lipinski definition) is 5. The first-order chi connectivity index (χ1) is 10.5. The zero-order valence-electron chi connectivity index (χ0n) is 12.3. The van der Waals surface area contributed by atoms with Gasteiger partial charge in [0.15, 0.2) is 0 Å². The zero-order chi connectivity index (χ0) is 15.7. The molecule has 2 fully saturated rings. The standard InChI is InChI=1S/C14H19BrN4O3/c1-9-12(18-13(20)21)14(8-22-9)2-4-19(5-3-14)11-7-16-10(15)6-17-11/h6-7,9,12,18H,2-5,8H2,1H3,(H,20,21)/t9-,12+/m0/s1. The lowest BCUT2D eigenvalue weighted by Gasteiger charge is -2.42. The molecule has 0 unspecified atom stereocenters. The maximum atomic E-state index is 11.0. The number of anilines is 1. The van der Waals surface area contributed by atoms with Gasteiger partial charge in [-0.2, -0.15) is 0 Å². The molecule has 120 valence electrons. The number of aromatic nitrogens is 2. The van der Waals surface area contributed by atoms with Crippen LogP contribution >= 0.6 is 15.9 Å². The molecule has 0 aromatic carbocycles. The van der Waals surface area contributed by atoms with Crippen molar-refractivity contribution in [1.82, 2.24) is 15.3 Å². The number of nitrogens with zero attached hydrogens (tertiary/aromatic N) is 3. The summed E-state index contributed by atoms with van der Waals surface area (Å²) in [6, 6.07) is -0.150. The van der Waals surface area contributed by atoms with Gasteiger partial charge in [0.25, 0.3) is 0 Å². The van der Waals surface area contributed by atoms with E-state index in [1.807, 2.05) is 6.92 Å². The average molecular weight is 371 g/mol. The van der Waals surface area contributed by atoms with Crippen LogP contribution in [0.1, 0.15) is 19.8 Å². The smallest absolute Gasteiger partial charge is 0.404 e. The molecule has 2 aliphatic rings. The number of carbonyl (C=O) groups is 1. The fourth-order valence-electron chi connectivity index (χ4n) is 3.49. The van der Waals surface area contributed by atoms with Gasteiger partial charge in [-0.3, -0.25) is 0 Å². The number of ether oxygens (including phenoxy) is 1. The quantitative estimate of drug-likeness (QED) is 0.826. The summed E-state index contributed by atoms with van der Waals surface area (Å²) in [7, 11) is 0. The molecule has 7 nitrogen and oxygen atoms in total. The van der Waals surface area contributed by atoms with Crippen LogP contribution in [0.5, 0.6) is 0 Å². The van der Waals surface area contributed by atoms with Crippen LogP contribution in [0.4, 0.5) is 10.6 Å². The van der Waals surface area contributed by atoms with E-state index in [0.29, 0.717) is 11.2 Å². The van der Waals surface area contributed by atoms with E-state index in [-0.39, 0.29) is 17.6 Å². The van der Waals surface area contributed by atoms with E-state index in [1.54, 1.807) is 12.4 Å². The van der Waals surface area contributed by atoms with E-state index in [9.17, 15) is 4.79 Å². The third kappa shape index (κ3) is 2.89. The third-order valence-corrected chi connectivity index (χ3v) is 5.14. The Hall–Kier alpha value is -1.41. The second-order valence-electron chi connectivity index (χ2n) is 5.99. The highest BCUT2D eigenvalue weighted by Gasteiger charge is 2.50. The molecule has 3 rings (SSSR count).